The lowest BCUT2D eigenvalue weighted by Gasteiger charge is -2.34. The minimum Gasteiger partial charge on any atom is -0.467 e. The van der Waals surface area contributed by atoms with Gasteiger partial charge in [0.1, 0.15) is 6.04 Å². The zero-order valence-corrected chi connectivity index (χ0v) is 10.4. The lowest BCUT2D eigenvalue weighted by Crippen LogP contribution is -2.55. The number of ether oxygens (including phenoxy) is 1. The zero-order chi connectivity index (χ0) is 13.1. The van der Waals surface area contributed by atoms with Crippen LogP contribution < -0.4 is 20.7 Å². The summed E-state index contributed by atoms with van der Waals surface area (Å²) < 4.78 is 4.95. The monoisotopic (exact) mass is 252 g/mol. The quantitative estimate of drug-likeness (QED) is 0.723. The smallest absolute Gasteiger partial charge is 0.322 e. The summed E-state index contributed by atoms with van der Waals surface area (Å²) in [4.78, 5) is 25.6. The average molecular weight is 252 g/mol. The highest BCUT2D eigenvalue weighted by Gasteiger charge is 2.30. The Hall–Kier alpha value is -2.12. The number of carbonyl (C=O) groups excluding carboxylic acids is 1. The summed E-state index contributed by atoms with van der Waals surface area (Å²) in [7, 11) is 1.46. The van der Waals surface area contributed by atoms with E-state index in [9.17, 15) is 4.79 Å². The molecule has 0 radical (unpaired) electrons. The molecule has 1 fully saturated rings. The molecule has 1 amide bonds. The molecule has 0 saturated carbocycles. The van der Waals surface area contributed by atoms with Crippen molar-refractivity contribution in [1.82, 2.24) is 20.3 Å². The molecule has 0 bridgehead atoms. The number of hydrogen-bond acceptors (Lipinski definition) is 7. The summed E-state index contributed by atoms with van der Waals surface area (Å²) in [6.07, 6.45) is 0.666. The van der Waals surface area contributed by atoms with Gasteiger partial charge in [0.15, 0.2) is 0 Å². The van der Waals surface area contributed by atoms with Gasteiger partial charge in [0.25, 0.3) is 0 Å². The van der Waals surface area contributed by atoms with E-state index < -0.39 is 0 Å². The van der Waals surface area contributed by atoms with Crippen LogP contribution in [0.3, 0.4) is 0 Å². The number of piperazine rings is 1. The van der Waals surface area contributed by atoms with Gasteiger partial charge in [0.05, 0.1) is 7.11 Å². The maximum absolute atomic E-state index is 11.8. The molecule has 0 aromatic carbocycles. The lowest BCUT2D eigenvalue weighted by molar-refractivity contribution is -0.123. The first-order valence-corrected chi connectivity index (χ1v) is 5.75. The molecular formula is C10H16N6O2. The summed E-state index contributed by atoms with van der Waals surface area (Å²) in [5, 5.41) is 2.81. The summed E-state index contributed by atoms with van der Waals surface area (Å²) in [6.45, 7) is 3.13. The molecule has 8 heteroatoms. The van der Waals surface area contributed by atoms with Crippen molar-refractivity contribution in [3.63, 3.8) is 0 Å². The van der Waals surface area contributed by atoms with E-state index in [0.717, 1.165) is 0 Å². The van der Waals surface area contributed by atoms with E-state index in [0.29, 0.717) is 25.5 Å². The third-order valence-corrected chi connectivity index (χ3v) is 2.78. The van der Waals surface area contributed by atoms with Gasteiger partial charge in [-0.3, -0.25) is 4.79 Å². The number of hydrogen-bond donors (Lipinski definition) is 2. The van der Waals surface area contributed by atoms with Crippen LogP contribution in [0.15, 0.2) is 0 Å². The molecule has 1 aromatic rings. The number of rotatable bonds is 3. The van der Waals surface area contributed by atoms with Crippen LogP contribution in [0.5, 0.6) is 6.01 Å². The Labute approximate surface area is 105 Å². The third kappa shape index (κ3) is 2.27. The zero-order valence-electron chi connectivity index (χ0n) is 10.4. The fourth-order valence-electron chi connectivity index (χ4n) is 1.94. The van der Waals surface area contributed by atoms with Crippen LogP contribution in [-0.2, 0) is 4.79 Å². The number of aromatic nitrogens is 3. The fourth-order valence-corrected chi connectivity index (χ4v) is 1.94. The first-order valence-electron chi connectivity index (χ1n) is 5.75. The Kier molecular flexibility index (Phi) is 3.45. The van der Waals surface area contributed by atoms with Gasteiger partial charge in [-0.05, 0) is 6.42 Å². The summed E-state index contributed by atoms with van der Waals surface area (Å²) in [5.74, 6) is 0.431. The second kappa shape index (κ2) is 5.03. The molecule has 98 valence electrons. The van der Waals surface area contributed by atoms with Crippen LogP contribution in [-0.4, -0.2) is 47.1 Å². The van der Waals surface area contributed by atoms with E-state index in [4.69, 9.17) is 10.5 Å². The van der Waals surface area contributed by atoms with Crippen LogP contribution in [0, 0.1) is 0 Å². The van der Waals surface area contributed by atoms with Crippen molar-refractivity contribution in [3.05, 3.63) is 0 Å². The van der Waals surface area contributed by atoms with Gasteiger partial charge in [-0.25, -0.2) is 0 Å². The number of carbonyl (C=O) groups is 1. The molecule has 1 atom stereocenters. The van der Waals surface area contributed by atoms with Crippen molar-refractivity contribution in [3.8, 4) is 6.01 Å². The maximum atomic E-state index is 11.8. The topological polar surface area (TPSA) is 106 Å². The highest BCUT2D eigenvalue weighted by molar-refractivity contribution is 5.85. The number of nitrogens with one attached hydrogen (secondary N) is 1. The van der Waals surface area contributed by atoms with Gasteiger partial charge in [-0.1, -0.05) is 6.92 Å². The Bertz CT molecular complexity index is 452. The minimum absolute atomic E-state index is 0.0262. The second-order valence-electron chi connectivity index (χ2n) is 3.89. The van der Waals surface area contributed by atoms with Gasteiger partial charge in [0.2, 0.25) is 17.8 Å². The number of nitrogens with two attached hydrogens (primary N) is 1. The van der Waals surface area contributed by atoms with Gasteiger partial charge in [-0.2, -0.15) is 15.0 Å². The first-order chi connectivity index (χ1) is 8.65. The molecule has 0 aliphatic carbocycles. The largest absolute Gasteiger partial charge is 0.467 e. The van der Waals surface area contributed by atoms with Crippen molar-refractivity contribution < 1.29 is 9.53 Å². The van der Waals surface area contributed by atoms with Crippen molar-refractivity contribution in [2.45, 2.75) is 19.4 Å². The van der Waals surface area contributed by atoms with E-state index in [2.05, 4.69) is 20.3 Å². The lowest BCUT2D eigenvalue weighted by atomic mass is 10.1. The number of anilines is 2. The SMILES string of the molecule is CCC1C(=O)NCCN1c1nc(N)nc(OC)n1. The van der Waals surface area contributed by atoms with Crippen LogP contribution in [0.4, 0.5) is 11.9 Å². The summed E-state index contributed by atoms with van der Waals surface area (Å²) in [5.41, 5.74) is 5.59. The molecule has 1 saturated heterocycles. The van der Waals surface area contributed by atoms with E-state index in [-0.39, 0.29) is 23.9 Å². The molecular weight excluding hydrogens is 236 g/mol. The van der Waals surface area contributed by atoms with Crippen LogP contribution in [0.25, 0.3) is 0 Å². The van der Waals surface area contributed by atoms with Crippen molar-refractivity contribution >= 4 is 17.8 Å². The first kappa shape index (κ1) is 12.3. The highest BCUT2D eigenvalue weighted by Crippen LogP contribution is 2.18. The van der Waals surface area contributed by atoms with E-state index >= 15 is 0 Å². The van der Waals surface area contributed by atoms with Crippen LogP contribution >= 0.6 is 0 Å². The predicted molar refractivity (Wildman–Crippen MR) is 65.2 cm³/mol. The highest BCUT2D eigenvalue weighted by atomic mass is 16.5. The predicted octanol–water partition coefficient (Wildman–Crippen LogP) is -0.823. The molecule has 2 rings (SSSR count). The Morgan fingerprint density at radius 2 is 2.28 bits per heavy atom. The molecule has 18 heavy (non-hydrogen) atoms. The normalized spacial score (nSPS) is 19.6. The second-order valence-corrected chi connectivity index (χ2v) is 3.89. The van der Waals surface area contributed by atoms with Crippen molar-refractivity contribution in [2.24, 2.45) is 0 Å². The van der Waals surface area contributed by atoms with E-state index in [1.165, 1.54) is 7.11 Å². The van der Waals surface area contributed by atoms with Crippen molar-refractivity contribution in [1.29, 1.82) is 0 Å². The van der Waals surface area contributed by atoms with Crippen molar-refractivity contribution in [2.75, 3.05) is 30.8 Å². The number of methoxy groups -OCH3 is 1. The summed E-state index contributed by atoms with van der Waals surface area (Å²) in [6, 6.07) is -0.136. The average Bonchev–Trinajstić information content (AvgIpc) is 2.37. The van der Waals surface area contributed by atoms with E-state index in [1.54, 1.807) is 0 Å². The molecule has 0 spiro atoms. The van der Waals surface area contributed by atoms with Gasteiger partial charge < -0.3 is 20.7 Å². The number of nitrogens with zero attached hydrogens (tertiary/aromatic N) is 4. The standard InChI is InChI=1S/C10H16N6O2/c1-3-6-7(17)12-4-5-16(6)9-13-8(11)14-10(15-9)18-2/h6H,3-5H2,1-2H3,(H,12,17)(H2,11,13,14,15). The van der Waals surface area contributed by atoms with Crippen LogP contribution in [0.1, 0.15) is 13.3 Å². The molecule has 3 N–H and O–H groups in total. The number of amides is 1. The number of nitrogen functional groups attached to an aromatic ring is 1. The summed E-state index contributed by atoms with van der Waals surface area (Å²) >= 11 is 0. The molecule has 1 aliphatic heterocycles. The van der Waals surface area contributed by atoms with Gasteiger partial charge in [-0.15, -0.1) is 0 Å². The molecule has 8 nitrogen and oxygen atoms in total. The molecule has 1 aromatic heterocycles. The maximum Gasteiger partial charge on any atom is 0.322 e. The Morgan fingerprint density at radius 3 is 2.94 bits per heavy atom. The Morgan fingerprint density at radius 1 is 1.50 bits per heavy atom. The minimum atomic E-state index is -0.287. The Balaban J connectivity index is 2.34. The molecule has 2 heterocycles. The van der Waals surface area contributed by atoms with Gasteiger partial charge >= 0.3 is 6.01 Å². The fraction of sp³-hybridized carbons (Fsp3) is 0.600. The van der Waals surface area contributed by atoms with Crippen LogP contribution in [0.2, 0.25) is 0 Å². The third-order valence-electron chi connectivity index (χ3n) is 2.78. The molecule has 1 unspecified atom stereocenters. The van der Waals surface area contributed by atoms with E-state index in [1.807, 2.05) is 11.8 Å². The van der Waals surface area contributed by atoms with Gasteiger partial charge in [0, 0.05) is 13.1 Å². The molecule has 1 aliphatic rings.